The zero-order valence-corrected chi connectivity index (χ0v) is 12.1. The number of carbonyl (C=O) groups is 1. The summed E-state index contributed by atoms with van der Waals surface area (Å²) in [7, 11) is 1.98. The molecule has 4 heteroatoms. The van der Waals surface area contributed by atoms with Crippen molar-refractivity contribution in [1.82, 2.24) is 10.2 Å². The maximum absolute atomic E-state index is 11.4. The Labute approximate surface area is 105 Å². The van der Waals surface area contributed by atoms with Crippen LogP contribution >= 0.6 is 0 Å². The van der Waals surface area contributed by atoms with Crippen LogP contribution in [0.1, 0.15) is 47.5 Å². The fraction of sp³-hybridized carbons (Fsp3) is 0.923. The summed E-state index contributed by atoms with van der Waals surface area (Å²) in [6, 6.07) is 0. The van der Waals surface area contributed by atoms with Gasteiger partial charge in [0.1, 0.15) is 5.54 Å². The minimum absolute atomic E-state index is 0.0185. The second kappa shape index (κ2) is 6.36. The van der Waals surface area contributed by atoms with E-state index in [-0.39, 0.29) is 5.54 Å². The van der Waals surface area contributed by atoms with Gasteiger partial charge in [-0.2, -0.15) is 0 Å². The molecule has 4 nitrogen and oxygen atoms in total. The average molecular weight is 244 g/mol. The molecular formula is C13H28N2O2. The normalized spacial score (nSPS) is 15.9. The van der Waals surface area contributed by atoms with Crippen LogP contribution in [0, 0.1) is 0 Å². The van der Waals surface area contributed by atoms with E-state index in [1.807, 2.05) is 14.0 Å². The van der Waals surface area contributed by atoms with Crippen LogP contribution in [0.25, 0.3) is 0 Å². The van der Waals surface area contributed by atoms with Crippen LogP contribution in [0.5, 0.6) is 0 Å². The quantitative estimate of drug-likeness (QED) is 0.685. The first-order valence-corrected chi connectivity index (χ1v) is 6.39. The van der Waals surface area contributed by atoms with Crippen LogP contribution in [0.4, 0.5) is 0 Å². The van der Waals surface area contributed by atoms with Gasteiger partial charge in [0.2, 0.25) is 0 Å². The van der Waals surface area contributed by atoms with Gasteiger partial charge in [0.25, 0.3) is 0 Å². The van der Waals surface area contributed by atoms with Gasteiger partial charge in [-0.1, -0.05) is 13.8 Å². The highest BCUT2D eigenvalue weighted by molar-refractivity contribution is 5.78. The van der Waals surface area contributed by atoms with Crippen LogP contribution in [0.3, 0.4) is 0 Å². The Morgan fingerprint density at radius 2 is 1.82 bits per heavy atom. The second-order valence-corrected chi connectivity index (χ2v) is 5.59. The van der Waals surface area contributed by atoms with Gasteiger partial charge in [0.05, 0.1) is 0 Å². The van der Waals surface area contributed by atoms with E-state index < -0.39 is 11.5 Å². The number of carboxylic acid groups (broad SMARTS) is 1. The van der Waals surface area contributed by atoms with Gasteiger partial charge in [0.15, 0.2) is 0 Å². The lowest BCUT2D eigenvalue weighted by Gasteiger charge is -2.40. The maximum atomic E-state index is 11.4. The lowest BCUT2D eigenvalue weighted by molar-refractivity contribution is -0.145. The number of rotatable bonds is 8. The van der Waals surface area contributed by atoms with Crippen molar-refractivity contribution in [2.24, 2.45) is 0 Å². The van der Waals surface area contributed by atoms with Crippen molar-refractivity contribution in [2.75, 3.05) is 20.1 Å². The van der Waals surface area contributed by atoms with Crippen molar-refractivity contribution in [3.63, 3.8) is 0 Å². The topological polar surface area (TPSA) is 52.6 Å². The van der Waals surface area contributed by atoms with Gasteiger partial charge in [0, 0.05) is 12.1 Å². The summed E-state index contributed by atoms with van der Waals surface area (Å²) in [5, 5.41) is 12.5. The SMILES string of the molecule is CCCNC(C)(CN(C)C(C)(C)CC)C(=O)O. The Balaban J connectivity index is 4.70. The molecule has 0 bridgehead atoms. The van der Waals surface area contributed by atoms with Crippen LogP contribution in [0.2, 0.25) is 0 Å². The molecule has 0 aliphatic rings. The molecule has 0 aromatic carbocycles. The average Bonchev–Trinajstić information content (AvgIpc) is 2.25. The Morgan fingerprint density at radius 3 is 2.18 bits per heavy atom. The van der Waals surface area contributed by atoms with Crippen LogP contribution < -0.4 is 5.32 Å². The number of nitrogens with zero attached hydrogens (tertiary/aromatic N) is 1. The molecule has 1 unspecified atom stereocenters. The highest BCUT2D eigenvalue weighted by atomic mass is 16.4. The molecule has 102 valence electrons. The predicted molar refractivity (Wildman–Crippen MR) is 71.3 cm³/mol. The molecular weight excluding hydrogens is 216 g/mol. The Hall–Kier alpha value is -0.610. The largest absolute Gasteiger partial charge is 0.480 e. The van der Waals surface area contributed by atoms with E-state index in [0.29, 0.717) is 6.54 Å². The van der Waals surface area contributed by atoms with Crippen LogP contribution in [-0.4, -0.2) is 47.2 Å². The first kappa shape index (κ1) is 16.4. The molecule has 0 aliphatic heterocycles. The molecule has 17 heavy (non-hydrogen) atoms. The molecule has 2 N–H and O–H groups in total. The van der Waals surface area contributed by atoms with Crippen molar-refractivity contribution in [3.8, 4) is 0 Å². The molecule has 0 aliphatic carbocycles. The Kier molecular flexibility index (Phi) is 6.13. The van der Waals surface area contributed by atoms with Crippen molar-refractivity contribution in [3.05, 3.63) is 0 Å². The number of hydrogen-bond acceptors (Lipinski definition) is 3. The first-order valence-electron chi connectivity index (χ1n) is 6.39. The lowest BCUT2D eigenvalue weighted by atomic mass is 9.95. The van der Waals surface area contributed by atoms with Crippen molar-refractivity contribution >= 4 is 5.97 Å². The highest BCUT2D eigenvalue weighted by Crippen LogP contribution is 2.19. The molecule has 0 rings (SSSR count). The minimum atomic E-state index is -0.878. The van der Waals surface area contributed by atoms with E-state index in [1.165, 1.54) is 0 Å². The van der Waals surface area contributed by atoms with E-state index in [0.717, 1.165) is 19.4 Å². The fourth-order valence-corrected chi connectivity index (χ4v) is 1.56. The Bertz CT molecular complexity index is 254. The third-order valence-electron chi connectivity index (χ3n) is 3.69. The van der Waals surface area contributed by atoms with E-state index in [2.05, 4.69) is 31.0 Å². The maximum Gasteiger partial charge on any atom is 0.324 e. The van der Waals surface area contributed by atoms with Gasteiger partial charge in [-0.05, 0) is 47.2 Å². The monoisotopic (exact) mass is 244 g/mol. The molecule has 0 aromatic heterocycles. The van der Waals surface area contributed by atoms with Crippen LogP contribution in [0.15, 0.2) is 0 Å². The fourth-order valence-electron chi connectivity index (χ4n) is 1.56. The number of carboxylic acids is 1. The van der Waals surface area contributed by atoms with E-state index in [9.17, 15) is 9.90 Å². The molecule has 0 aromatic rings. The number of likely N-dealkylation sites (N-methyl/N-ethyl adjacent to an activating group) is 1. The van der Waals surface area contributed by atoms with Gasteiger partial charge >= 0.3 is 5.97 Å². The van der Waals surface area contributed by atoms with E-state index >= 15 is 0 Å². The van der Waals surface area contributed by atoms with Gasteiger partial charge in [-0.3, -0.25) is 9.69 Å². The summed E-state index contributed by atoms with van der Waals surface area (Å²) < 4.78 is 0. The second-order valence-electron chi connectivity index (χ2n) is 5.59. The van der Waals surface area contributed by atoms with Gasteiger partial charge in [-0.15, -0.1) is 0 Å². The minimum Gasteiger partial charge on any atom is -0.480 e. The van der Waals surface area contributed by atoms with Gasteiger partial charge < -0.3 is 10.4 Å². The smallest absolute Gasteiger partial charge is 0.324 e. The van der Waals surface area contributed by atoms with Crippen molar-refractivity contribution < 1.29 is 9.90 Å². The Morgan fingerprint density at radius 1 is 1.29 bits per heavy atom. The molecule has 0 amide bonds. The van der Waals surface area contributed by atoms with Crippen molar-refractivity contribution in [2.45, 2.75) is 58.5 Å². The number of hydrogen-bond donors (Lipinski definition) is 2. The zero-order chi connectivity index (χ0) is 13.7. The standard InChI is InChI=1S/C13H28N2O2/c1-7-9-14-13(5,11(16)17)10-15(6)12(3,4)8-2/h14H,7-10H2,1-6H3,(H,16,17). The molecule has 0 fully saturated rings. The predicted octanol–water partition coefficient (Wildman–Crippen LogP) is 1.95. The molecule has 0 spiro atoms. The summed E-state index contributed by atoms with van der Waals surface area (Å²) in [6.45, 7) is 11.4. The van der Waals surface area contributed by atoms with E-state index in [1.54, 1.807) is 6.92 Å². The molecule has 0 radical (unpaired) electrons. The number of nitrogens with one attached hydrogen (secondary N) is 1. The number of aliphatic carboxylic acids is 1. The summed E-state index contributed by atoms with van der Waals surface area (Å²) in [6.07, 6.45) is 1.93. The third kappa shape index (κ3) is 4.64. The third-order valence-corrected chi connectivity index (χ3v) is 3.69. The summed E-state index contributed by atoms with van der Waals surface area (Å²) in [5.41, 5.74) is -0.859. The summed E-state index contributed by atoms with van der Waals surface area (Å²) in [5.74, 6) is -0.787. The summed E-state index contributed by atoms with van der Waals surface area (Å²) >= 11 is 0. The molecule has 0 heterocycles. The van der Waals surface area contributed by atoms with Crippen LogP contribution in [-0.2, 0) is 4.79 Å². The lowest BCUT2D eigenvalue weighted by Crippen LogP contribution is -2.59. The van der Waals surface area contributed by atoms with Gasteiger partial charge in [-0.25, -0.2) is 0 Å². The summed E-state index contributed by atoms with van der Waals surface area (Å²) in [4.78, 5) is 13.5. The molecule has 1 atom stereocenters. The molecule has 0 saturated carbocycles. The zero-order valence-electron chi connectivity index (χ0n) is 12.1. The van der Waals surface area contributed by atoms with Crippen molar-refractivity contribution in [1.29, 1.82) is 0 Å². The first-order chi connectivity index (χ1) is 7.69. The highest BCUT2D eigenvalue weighted by Gasteiger charge is 2.36. The molecule has 0 saturated heterocycles. The van der Waals surface area contributed by atoms with E-state index in [4.69, 9.17) is 0 Å².